The van der Waals surface area contributed by atoms with E-state index in [2.05, 4.69) is 143 Å². The lowest BCUT2D eigenvalue weighted by atomic mass is 10.0. The van der Waals surface area contributed by atoms with Crippen LogP contribution in [0.1, 0.15) is 41.5 Å². The molecule has 6 aromatic carbocycles. The Morgan fingerprint density at radius 3 is 0.983 bits per heavy atom. The number of rotatable bonds is 17. The summed E-state index contributed by atoms with van der Waals surface area (Å²) in [6, 6.07) is 47.9. The Morgan fingerprint density at radius 2 is 0.655 bits per heavy atom. The first-order valence-corrected chi connectivity index (χ1v) is 24.0. The minimum Gasteiger partial charge on any atom is -0.370 e. The number of hydrogen-bond donors (Lipinski definition) is 0. The fraction of sp³-hybridized carbons (Fsp3) is 0.250. The number of benzene rings is 6. The smallest absolute Gasteiger partial charge is 0.370 e. The molecular formula is C48H52N2O6Si2. The quantitative estimate of drug-likeness (QED) is 0.0854. The van der Waals surface area contributed by atoms with Crippen LogP contribution in [0.5, 0.6) is 0 Å². The van der Waals surface area contributed by atoms with Crippen LogP contribution in [0.15, 0.2) is 133 Å². The summed E-state index contributed by atoms with van der Waals surface area (Å²) in [4.78, 5) is 0. The van der Waals surface area contributed by atoms with Gasteiger partial charge in [-0.25, -0.2) is 0 Å². The van der Waals surface area contributed by atoms with Gasteiger partial charge in [-0.15, -0.1) is 0 Å². The topological polar surface area (TPSA) is 65.2 Å². The molecule has 0 spiro atoms. The van der Waals surface area contributed by atoms with E-state index in [0.29, 0.717) is 39.6 Å². The van der Waals surface area contributed by atoms with Crippen molar-refractivity contribution < 1.29 is 26.6 Å². The highest BCUT2D eigenvalue weighted by molar-refractivity contribution is 6.76. The molecular weight excluding hydrogens is 757 g/mol. The van der Waals surface area contributed by atoms with E-state index < -0.39 is 17.6 Å². The molecule has 0 saturated carbocycles. The predicted molar refractivity (Wildman–Crippen MR) is 241 cm³/mol. The molecule has 0 atom stereocenters. The highest BCUT2D eigenvalue weighted by atomic mass is 28.4. The van der Waals surface area contributed by atoms with E-state index in [1.807, 2.05) is 41.5 Å². The SMILES string of the molecule is CCO[Si](OCC)(OCC)c1ccc2c(c1)c1ccccc1n2-c1ccc(-c2ccc(-n3c4ccccc4c4cc([Si](OCC)(OCC)OCC)ccc43)cc2)cc1. The van der Waals surface area contributed by atoms with Crippen molar-refractivity contribution in [2.75, 3.05) is 39.6 Å². The van der Waals surface area contributed by atoms with Crippen molar-refractivity contribution >= 4 is 71.6 Å². The van der Waals surface area contributed by atoms with Gasteiger partial charge in [0.05, 0.1) is 22.1 Å². The molecule has 2 aromatic heterocycles. The zero-order chi connectivity index (χ0) is 40.3. The van der Waals surface area contributed by atoms with Gasteiger partial charge in [-0.1, -0.05) is 72.8 Å². The first-order chi connectivity index (χ1) is 28.4. The molecule has 58 heavy (non-hydrogen) atoms. The van der Waals surface area contributed by atoms with Crippen LogP contribution in [0.3, 0.4) is 0 Å². The largest absolute Gasteiger partial charge is 0.537 e. The highest BCUT2D eigenvalue weighted by Crippen LogP contribution is 2.35. The molecule has 0 aliphatic heterocycles. The molecule has 10 heteroatoms. The molecule has 8 rings (SSSR count). The monoisotopic (exact) mass is 808 g/mol. The Labute approximate surface area is 343 Å². The normalized spacial score (nSPS) is 12.4. The molecule has 0 aliphatic rings. The van der Waals surface area contributed by atoms with Gasteiger partial charge in [-0.3, -0.25) is 0 Å². The first-order valence-electron chi connectivity index (χ1n) is 20.6. The van der Waals surface area contributed by atoms with Crippen LogP contribution < -0.4 is 10.4 Å². The third-order valence-electron chi connectivity index (χ3n) is 10.6. The molecule has 0 radical (unpaired) electrons. The Balaban J connectivity index is 1.14. The lowest BCUT2D eigenvalue weighted by Gasteiger charge is -2.28. The first kappa shape index (κ1) is 39.9. The van der Waals surface area contributed by atoms with Crippen molar-refractivity contribution in [3.8, 4) is 22.5 Å². The summed E-state index contributed by atoms with van der Waals surface area (Å²) < 4.78 is 42.4. The maximum absolute atomic E-state index is 6.28. The molecule has 2 heterocycles. The predicted octanol–water partition coefficient (Wildman–Crippen LogP) is 10.1. The van der Waals surface area contributed by atoms with E-state index >= 15 is 0 Å². The van der Waals surface area contributed by atoms with Crippen molar-refractivity contribution in [3.63, 3.8) is 0 Å². The van der Waals surface area contributed by atoms with Crippen molar-refractivity contribution in [2.45, 2.75) is 41.5 Å². The zero-order valence-corrected chi connectivity index (χ0v) is 36.3. The zero-order valence-electron chi connectivity index (χ0n) is 34.3. The summed E-state index contributed by atoms with van der Waals surface area (Å²) in [7, 11) is -6.16. The number of hydrogen-bond acceptors (Lipinski definition) is 6. The Bertz CT molecular complexity index is 2450. The van der Waals surface area contributed by atoms with Gasteiger partial charge in [-0.05, 0) is 113 Å². The standard InChI is InChI=1S/C48H52N2O6Si2/c1-7-51-57(52-8-2,53-9-3)39-29-31-47-43(33-39)41-17-13-15-19-45(41)49(47)37-25-21-35(22-26-37)36-23-27-38(28-24-36)50-46-20-16-14-18-42(46)44-34-40(30-32-48(44)50)58(54-10-4,55-11-5)56-12-6/h13-34H,7-12H2,1-6H3. The molecule has 0 amide bonds. The molecule has 0 fully saturated rings. The van der Waals surface area contributed by atoms with Crippen LogP contribution in [0.25, 0.3) is 66.1 Å². The van der Waals surface area contributed by atoms with Gasteiger partial charge in [0.15, 0.2) is 0 Å². The summed E-state index contributed by atoms with van der Waals surface area (Å²) >= 11 is 0. The van der Waals surface area contributed by atoms with Crippen LogP contribution >= 0.6 is 0 Å². The molecule has 0 unspecified atom stereocenters. The second kappa shape index (κ2) is 17.1. The van der Waals surface area contributed by atoms with E-state index in [9.17, 15) is 0 Å². The number of nitrogens with zero attached hydrogens (tertiary/aromatic N) is 2. The fourth-order valence-corrected chi connectivity index (χ4v) is 13.4. The average molecular weight is 809 g/mol. The third-order valence-corrected chi connectivity index (χ3v) is 16.7. The second-order valence-corrected chi connectivity index (χ2v) is 19.1. The van der Waals surface area contributed by atoms with Crippen LogP contribution in [-0.2, 0) is 26.6 Å². The third kappa shape index (κ3) is 7.03. The molecule has 298 valence electrons. The van der Waals surface area contributed by atoms with Crippen molar-refractivity contribution in [2.24, 2.45) is 0 Å². The maximum Gasteiger partial charge on any atom is 0.537 e. The van der Waals surface area contributed by atoms with Gasteiger partial charge < -0.3 is 35.7 Å². The van der Waals surface area contributed by atoms with Crippen LogP contribution in [0, 0.1) is 0 Å². The average Bonchev–Trinajstić information content (AvgIpc) is 3.76. The van der Waals surface area contributed by atoms with E-state index in [0.717, 1.165) is 65.7 Å². The lowest BCUT2D eigenvalue weighted by molar-refractivity contribution is 0.0852. The minimum atomic E-state index is -3.08. The minimum absolute atomic E-state index is 0.518. The van der Waals surface area contributed by atoms with E-state index in [-0.39, 0.29) is 0 Å². The van der Waals surface area contributed by atoms with Gasteiger partial charge in [0.2, 0.25) is 0 Å². The van der Waals surface area contributed by atoms with Gasteiger partial charge in [0, 0.05) is 82.9 Å². The molecule has 0 saturated heterocycles. The lowest BCUT2D eigenvalue weighted by Crippen LogP contribution is -2.56. The van der Waals surface area contributed by atoms with Crippen LogP contribution in [0.2, 0.25) is 0 Å². The van der Waals surface area contributed by atoms with Gasteiger partial charge >= 0.3 is 17.6 Å². The highest BCUT2D eigenvalue weighted by Gasteiger charge is 2.44. The van der Waals surface area contributed by atoms with Gasteiger partial charge in [0.1, 0.15) is 0 Å². The van der Waals surface area contributed by atoms with Crippen molar-refractivity contribution in [1.29, 1.82) is 0 Å². The summed E-state index contributed by atoms with van der Waals surface area (Å²) in [5.74, 6) is 0. The fourth-order valence-electron chi connectivity index (χ4n) is 8.38. The Morgan fingerprint density at radius 1 is 0.345 bits per heavy atom. The van der Waals surface area contributed by atoms with Gasteiger partial charge in [-0.2, -0.15) is 0 Å². The van der Waals surface area contributed by atoms with Crippen LogP contribution in [0.4, 0.5) is 0 Å². The van der Waals surface area contributed by atoms with E-state index in [1.165, 1.54) is 10.8 Å². The molecule has 0 N–H and O–H groups in total. The van der Waals surface area contributed by atoms with Crippen molar-refractivity contribution in [3.05, 3.63) is 133 Å². The van der Waals surface area contributed by atoms with Gasteiger partial charge in [0.25, 0.3) is 0 Å². The molecule has 8 nitrogen and oxygen atoms in total. The molecule has 0 aliphatic carbocycles. The summed E-state index contributed by atoms with van der Waals surface area (Å²) in [5, 5.41) is 6.59. The number of aromatic nitrogens is 2. The molecule has 0 bridgehead atoms. The van der Waals surface area contributed by atoms with E-state index in [1.54, 1.807) is 0 Å². The summed E-state index contributed by atoms with van der Waals surface area (Å²) in [6.45, 7) is 15.1. The summed E-state index contributed by atoms with van der Waals surface area (Å²) in [6.07, 6.45) is 0. The molecule has 8 aromatic rings. The maximum atomic E-state index is 6.28. The summed E-state index contributed by atoms with van der Waals surface area (Å²) in [5.41, 5.74) is 9.01. The second-order valence-electron chi connectivity index (χ2n) is 14.0. The Kier molecular flexibility index (Phi) is 11.8. The van der Waals surface area contributed by atoms with Crippen LogP contribution in [-0.4, -0.2) is 66.4 Å². The Hall–Kier alpha value is -4.89. The number of para-hydroxylation sites is 2. The van der Waals surface area contributed by atoms with E-state index in [4.69, 9.17) is 26.6 Å². The van der Waals surface area contributed by atoms with Crippen molar-refractivity contribution in [1.82, 2.24) is 9.13 Å². The number of fused-ring (bicyclic) bond motifs is 6.